The molecule has 1 atom stereocenters. The van der Waals surface area contributed by atoms with Crippen molar-refractivity contribution in [3.8, 4) is 5.75 Å². The highest BCUT2D eigenvalue weighted by Gasteiger charge is 2.29. The van der Waals surface area contributed by atoms with E-state index in [1.54, 1.807) is 12.1 Å². The van der Waals surface area contributed by atoms with Crippen LogP contribution in [0.4, 0.5) is 0 Å². The zero-order chi connectivity index (χ0) is 13.7. The van der Waals surface area contributed by atoms with Gasteiger partial charge in [-0.25, -0.2) is 0 Å². The third-order valence-corrected chi connectivity index (χ3v) is 3.82. The van der Waals surface area contributed by atoms with Crippen molar-refractivity contribution < 1.29 is 9.84 Å². The molecule has 0 bridgehead atoms. The summed E-state index contributed by atoms with van der Waals surface area (Å²) in [5.41, 5.74) is 1.28. The Kier molecular flexibility index (Phi) is 5.23. The largest absolute Gasteiger partial charge is 0.508 e. The van der Waals surface area contributed by atoms with Crippen molar-refractivity contribution in [1.82, 2.24) is 5.32 Å². The molecular weight excluding hydrogens is 238 g/mol. The van der Waals surface area contributed by atoms with E-state index in [0.717, 1.165) is 32.3 Å². The van der Waals surface area contributed by atoms with Gasteiger partial charge in [-0.1, -0.05) is 12.1 Å². The van der Waals surface area contributed by atoms with Crippen LogP contribution in [0.15, 0.2) is 24.3 Å². The highest BCUT2D eigenvalue weighted by molar-refractivity contribution is 5.25. The zero-order valence-electron chi connectivity index (χ0n) is 11.9. The van der Waals surface area contributed by atoms with Crippen LogP contribution in [0.25, 0.3) is 0 Å². The summed E-state index contributed by atoms with van der Waals surface area (Å²) in [6, 6.07) is 8.67. The first-order chi connectivity index (χ1) is 9.17. The maximum atomic E-state index is 9.24. The van der Waals surface area contributed by atoms with E-state index in [4.69, 9.17) is 4.74 Å². The average molecular weight is 263 g/mol. The fourth-order valence-corrected chi connectivity index (χ4v) is 2.60. The van der Waals surface area contributed by atoms with Gasteiger partial charge in [0, 0.05) is 18.7 Å². The second-order valence-corrected chi connectivity index (χ2v) is 5.52. The SMILES string of the molecule is CCOC1CC(NC(C)CCc2ccc(O)cc2)C1. The molecule has 1 aliphatic carbocycles. The molecule has 1 aromatic carbocycles. The van der Waals surface area contributed by atoms with Crippen LogP contribution in [0.1, 0.15) is 38.7 Å². The number of aromatic hydroxyl groups is 1. The van der Waals surface area contributed by atoms with Crippen LogP contribution < -0.4 is 5.32 Å². The van der Waals surface area contributed by atoms with Crippen molar-refractivity contribution in [2.45, 2.75) is 57.7 Å². The summed E-state index contributed by atoms with van der Waals surface area (Å²) in [7, 11) is 0. The average Bonchev–Trinajstić information content (AvgIpc) is 2.36. The Bertz CT molecular complexity index is 371. The molecule has 3 heteroatoms. The van der Waals surface area contributed by atoms with Crippen molar-refractivity contribution in [3.05, 3.63) is 29.8 Å². The van der Waals surface area contributed by atoms with E-state index in [0.29, 0.717) is 23.9 Å². The molecule has 3 nitrogen and oxygen atoms in total. The summed E-state index contributed by atoms with van der Waals surface area (Å²) in [6.45, 7) is 5.13. The molecule has 1 fully saturated rings. The molecular formula is C16H25NO2. The quantitative estimate of drug-likeness (QED) is 0.795. The van der Waals surface area contributed by atoms with Crippen LogP contribution >= 0.6 is 0 Å². The topological polar surface area (TPSA) is 41.5 Å². The summed E-state index contributed by atoms with van der Waals surface area (Å²) >= 11 is 0. The van der Waals surface area contributed by atoms with Gasteiger partial charge < -0.3 is 15.2 Å². The number of hydrogen-bond acceptors (Lipinski definition) is 3. The van der Waals surface area contributed by atoms with Crippen molar-refractivity contribution in [3.63, 3.8) is 0 Å². The van der Waals surface area contributed by atoms with Crippen molar-refractivity contribution in [1.29, 1.82) is 0 Å². The lowest BCUT2D eigenvalue weighted by Crippen LogP contribution is -2.48. The minimum Gasteiger partial charge on any atom is -0.508 e. The summed E-state index contributed by atoms with van der Waals surface area (Å²) in [5.74, 6) is 0.339. The van der Waals surface area contributed by atoms with Crippen LogP contribution in [0.2, 0.25) is 0 Å². The molecule has 19 heavy (non-hydrogen) atoms. The van der Waals surface area contributed by atoms with Gasteiger partial charge in [0.15, 0.2) is 0 Å². The fraction of sp³-hybridized carbons (Fsp3) is 0.625. The van der Waals surface area contributed by atoms with Gasteiger partial charge in [-0.05, 0) is 57.2 Å². The Labute approximate surface area is 116 Å². The third-order valence-electron chi connectivity index (χ3n) is 3.82. The summed E-state index contributed by atoms with van der Waals surface area (Å²) in [5, 5.41) is 12.9. The van der Waals surface area contributed by atoms with Crippen molar-refractivity contribution in [2.75, 3.05) is 6.61 Å². The smallest absolute Gasteiger partial charge is 0.115 e. The van der Waals surface area contributed by atoms with E-state index >= 15 is 0 Å². The van der Waals surface area contributed by atoms with Crippen LogP contribution in [0, 0.1) is 0 Å². The van der Waals surface area contributed by atoms with Gasteiger partial charge in [-0.2, -0.15) is 0 Å². The monoisotopic (exact) mass is 263 g/mol. The molecule has 2 N–H and O–H groups in total. The number of aryl methyl sites for hydroxylation is 1. The number of nitrogens with one attached hydrogen (secondary N) is 1. The van der Waals surface area contributed by atoms with Gasteiger partial charge in [-0.15, -0.1) is 0 Å². The number of phenolic OH excluding ortho intramolecular Hbond substituents is 1. The second kappa shape index (κ2) is 6.92. The van der Waals surface area contributed by atoms with E-state index in [1.165, 1.54) is 5.56 Å². The molecule has 0 heterocycles. The standard InChI is InChI=1S/C16H25NO2/c1-3-19-16-10-14(11-16)17-12(2)4-5-13-6-8-15(18)9-7-13/h6-9,12,14,16-18H,3-5,10-11H2,1-2H3. The highest BCUT2D eigenvalue weighted by Crippen LogP contribution is 2.24. The zero-order valence-corrected chi connectivity index (χ0v) is 11.9. The van der Waals surface area contributed by atoms with Crippen molar-refractivity contribution in [2.24, 2.45) is 0 Å². The molecule has 0 radical (unpaired) electrons. The summed E-state index contributed by atoms with van der Waals surface area (Å²) < 4.78 is 5.57. The molecule has 0 aromatic heterocycles. The first-order valence-corrected chi connectivity index (χ1v) is 7.33. The van der Waals surface area contributed by atoms with Crippen LogP contribution in [0.3, 0.4) is 0 Å². The van der Waals surface area contributed by atoms with Gasteiger partial charge in [0.1, 0.15) is 5.75 Å². The molecule has 0 saturated heterocycles. The minimum absolute atomic E-state index is 0.339. The molecule has 0 spiro atoms. The molecule has 1 saturated carbocycles. The van der Waals surface area contributed by atoms with Crippen LogP contribution in [0.5, 0.6) is 5.75 Å². The first-order valence-electron chi connectivity index (χ1n) is 7.33. The normalized spacial score (nSPS) is 23.9. The Morgan fingerprint density at radius 3 is 2.63 bits per heavy atom. The maximum absolute atomic E-state index is 9.24. The Hall–Kier alpha value is -1.06. The third kappa shape index (κ3) is 4.51. The van der Waals surface area contributed by atoms with Gasteiger partial charge in [0.25, 0.3) is 0 Å². The summed E-state index contributed by atoms with van der Waals surface area (Å²) in [4.78, 5) is 0. The molecule has 1 aromatic rings. The van der Waals surface area contributed by atoms with Crippen LogP contribution in [-0.4, -0.2) is 29.9 Å². The van der Waals surface area contributed by atoms with Crippen molar-refractivity contribution >= 4 is 0 Å². The number of rotatable bonds is 7. The Balaban J connectivity index is 1.63. The minimum atomic E-state index is 0.339. The van der Waals surface area contributed by atoms with Gasteiger partial charge >= 0.3 is 0 Å². The number of ether oxygens (including phenoxy) is 1. The van der Waals surface area contributed by atoms with Gasteiger partial charge in [-0.3, -0.25) is 0 Å². The maximum Gasteiger partial charge on any atom is 0.115 e. The predicted octanol–water partition coefficient (Wildman–Crippen LogP) is 2.87. The molecule has 2 rings (SSSR count). The molecule has 0 amide bonds. The predicted molar refractivity (Wildman–Crippen MR) is 77.5 cm³/mol. The number of benzene rings is 1. The Morgan fingerprint density at radius 2 is 2.00 bits per heavy atom. The van der Waals surface area contributed by atoms with Gasteiger partial charge in [0.2, 0.25) is 0 Å². The lowest BCUT2D eigenvalue weighted by atomic mass is 9.88. The molecule has 1 aliphatic rings. The molecule has 106 valence electrons. The van der Waals surface area contributed by atoms with E-state index in [1.807, 2.05) is 12.1 Å². The van der Waals surface area contributed by atoms with E-state index < -0.39 is 0 Å². The molecule has 1 unspecified atom stereocenters. The van der Waals surface area contributed by atoms with Crippen LogP contribution in [-0.2, 0) is 11.2 Å². The Morgan fingerprint density at radius 1 is 1.32 bits per heavy atom. The van der Waals surface area contributed by atoms with E-state index in [2.05, 4.69) is 19.2 Å². The highest BCUT2D eigenvalue weighted by atomic mass is 16.5. The number of phenols is 1. The molecule has 0 aliphatic heterocycles. The fourth-order valence-electron chi connectivity index (χ4n) is 2.60. The first kappa shape index (κ1) is 14.4. The van der Waals surface area contributed by atoms with Gasteiger partial charge in [0.05, 0.1) is 6.10 Å². The van der Waals surface area contributed by atoms with E-state index in [9.17, 15) is 5.11 Å². The second-order valence-electron chi connectivity index (χ2n) is 5.52. The lowest BCUT2D eigenvalue weighted by Gasteiger charge is -2.37. The summed E-state index contributed by atoms with van der Waals surface area (Å²) in [6.07, 6.45) is 4.96. The lowest BCUT2D eigenvalue weighted by molar-refractivity contribution is -0.0121. The van der Waals surface area contributed by atoms with E-state index in [-0.39, 0.29) is 0 Å². The number of hydrogen-bond donors (Lipinski definition) is 2.